The summed E-state index contributed by atoms with van der Waals surface area (Å²) >= 11 is 0. The minimum Gasteiger partial charge on any atom is -0.376 e. The number of hydrogen-bond acceptors (Lipinski definition) is 8. The largest absolute Gasteiger partial charge is 0.438 e. The fourth-order valence-electron chi connectivity index (χ4n) is 10.00. The highest BCUT2D eigenvalue weighted by molar-refractivity contribution is 5.99. The van der Waals surface area contributed by atoms with Crippen molar-refractivity contribution in [1.82, 2.24) is 48.3 Å². The summed E-state index contributed by atoms with van der Waals surface area (Å²) in [5.74, 6) is -0.893. The number of aryl methyl sites for hydroxylation is 3. The highest BCUT2D eigenvalue weighted by atomic mass is 19.1. The van der Waals surface area contributed by atoms with Crippen LogP contribution in [0.3, 0.4) is 0 Å². The molecule has 0 radical (unpaired) electrons. The number of halogens is 2. The van der Waals surface area contributed by atoms with Crippen LogP contribution in [0.2, 0.25) is 0 Å². The van der Waals surface area contributed by atoms with Crippen LogP contribution >= 0.6 is 0 Å². The lowest BCUT2D eigenvalue weighted by atomic mass is 9.83. The van der Waals surface area contributed by atoms with Crippen LogP contribution in [0, 0.1) is 25.5 Å². The second-order valence-electron chi connectivity index (χ2n) is 17.9. The molecule has 11 rings (SSSR count). The summed E-state index contributed by atoms with van der Waals surface area (Å²) in [6.07, 6.45) is 7.83. The number of hydrogen-bond donors (Lipinski definition) is 1. The number of nitrogens with one attached hydrogen (secondary N) is 1. The van der Waals surface area contributed by atoms with Crippen LogP contribution in [0.15, 0.2) is 81.2 Å². The number of fused-ring (bicyclic) bond motifs is 3. The first kappa shape index (κ1) is 39.0. The average Bonchev–Trinajstić information content (AvgIpc) is 3.71. The lowest BCUT2D eigenvalue weighted by molar-refractivity contribution is -0.0592. The fourth-order valence-corrected chi connectivity index (χ4v) is 10.00. The summed E-state index contributed by atoms with van der Waals surface area (Å²) < 4.78 is 49.9. The van der Waals surface area contributed by atoms with Gasteiger partial charge in [-0.1, -0.05) is 11.2 Å². The Labute approximate surface area is 358 Å². The van der Waals surface area contributed by atoms with Crippen LogP contribution in [-0.4, -0.2) is 73.0 Å². The lowest BCUT2D eigenvalue weighted by Gasteiger charge is -2.35. The van der Waals surface area contributed by atoms with Gasteiger partial charge >= 0.3 is 11.4 Å². The van der Waals surface area contributed by atoms with E-state index < -0.39 is 22.8 Å². The van der Waals surface area contributed by atoms with Gasteiger partial charge in [-0.2, -0.15) is 10.2 Å². The number of carbonyl (C=O) groups is 1. The summed E-state index contributed by atoms with van der Waals surface area (Å²) in [5, 5.41) is 14.5. The van der Waals surface area contributed by atoms with Gasteiger partial charge in [-0.25, -0.2) is 23.1 Å². The quantitative estimate of drug-likeness (QED) is 0.187. The average molecular weight is 855 g/mol. The van der Waals surface area contributed by atoms with E-state index in [1.807, 2.05) is 10.6 Å². The molecule has 5 aromatic heterocycles. The van der Waals surface area contributed by atoms with Crippen LogP contribution in [0.4, 0.5) is 8.78 Å². The molecule has 1 saturated heterocycles. The Bertz CT molecular complexity index is 3300. The molecule has 63 heavy (non-hydrogen) atoms. The number of carbonyl (C=O) groups excluding carboxylic acids is 1. The van der Waals surface area contributed by atoms with Crippen molar-refractivity contribution in [3.05, 3.63) is 139 Å². The molecule has 2 aliphatic heterocycles. The molecule has 2 fully saturated rings. The summed E-state index contributed by atoms with van der Waals surface area (Å²) in [5.41, 5.74) is 4.01. The van der Waals surface area contributed by atoms with Crippen LogP contribution in [0.1, 0.15) is 89.7 Å². The van der Waals surface area contributed by atoms with E-state index in [-0.39, 0.29) is 40.9 Å². The van der Waals surface area contributed by atoms with Crippen molar-refractivity contribution < 1.29 is 22.8 Å². The molecule has 3 aromatic carbocycles. The van der Waals surface area contributed by atoms with Gasteiger partial charge < -0.3 is 14.2 Å². The van der Waals surface area contributed by atoms with Crippen LogP contribution in [-0.2, 0) is 30.3 Å². The van der Waals surface area contributed by atoms with Crippen molar-refractivity contribution in [2.45, 2.75) is 83.4 Å². The Kier molecular flexibility index (Phi) is 8.55. The van der Waals surface area contributed by atoms with E-state index in [4.69, 9.17) is 14.4 Å². The normalized spacial score (nSPS) is 18.1. The summed E-state index contributed by atoms with van der Waals surface area (Å²) in [7, 11) is 1.72. The molecule has 1 amide bonds. The number of rotatable bonds is 7. The van der Waals surface area contributed by atoms with Gasteiger partial charge in [0.15, 0.2) is 11.6 Å². The minimum absolute atomic E-state index is 0.0449. The van der Waals surface area contributed by atoms with E-state index >= 15 is 13.6 Å². The highest BCUT2D eigenvalue weighted by Crippen LogP contribution is 2.51. The number of amides is 1. The Morgan fingerprint density at radius 1 is 0.952 bits per heavy atom. The molecule has 322 valence electrons. The first-order chi connectivity index (χ1) is 30.2. The number of ether oxygens (including phenoxy) is 1. The van der Waals surface area contributed by atoms with Crippen LogP contribution < -0.4 is 11.4 Å². The molecule has 7 heterocycles. The van der Waals surface area contributed by atoms with E-state index in [1.54, 1.807) is 65.6 Å². The standard InChI is InChI=1S/C46H44F2N10O5/c1-25-18-30(19-26(2)38(25)47)58-40(56-16-15-55(44(56)61)36-9-8-35-31(39(36)48)23-49-53(35)5)32-24-54(14-10-33(32)51-58)41(59)37-21-29-20-27(28-11-17-62-45(3,4)22-28)6-7-34(29)57(37)46(12-13-46)42-50-43(60)63-52-42/h6-9,15-16,18-21,23,28H,10-14,17,22,24H2,1-5H3,(H,50,52,60)/t28-/m0/s1. The zero-order chi connectivity index (χ0) is 43.7. The topological polar surface area (TPSA) is 156 Å². The maximum absolute atomic E-state index is 16.0. The van der Waals surface area contributed by atoms with Gasteiger partial charge in [0.25, 0.3) is 5.91 Å². The van der Waals surface area contributed by atoms with Crippen molar-refractivity contribution in [2.24, 2.45) is 7.05 Å². The molecular weight excluding hydrogens is 811 g/mol. The van der Waals surface area contributed by atoms with Crippen LogP contribution in [0.5, 0.6) is 0 Å². The zero-order valence-electron chi connectivity index (χ0n) is 35.4. The SMILES string of the molecule is Cc1cc(-n2nc3c(c2-n2ccn(-c4ccc5c(cnn5C)c4F)c2=O)CN(C(=O)c2cc4cc([C@H]5CCOC(C)(C)C5)ccc4n2C2(c4noc(=O)[nH]4)CC2)CC3)cc(C)c1F. The van der Waals surface area contributed by atoms with Crippen molar-refractivity contribution in [3.8, 4) is 17.2 Å². The van der Waals surface area contributed by atoms with Crippen molar-refractivity contribution in [3.63, 3.8) is 0 Å². The number of H-pyrrole nitrogens is 1. The Morgan fingerprint density at radius 2 is 1.71 bits per heavy atom. The predicted octanol–water partition coefficient (Wildman–Crippen LogP) is 6.64. The maximum atomic E-state index is 16.0. The third-order valence-corrected chi connectivity index (χ3v) is 13.3. The number of aromatic amines is 1. The van der Waals surface area contributed by atoms with Gasteiger partial charge in [0.2, 0.25) is 0 Å². The van der Waals surface area contributed by atoms with E-state index in [0.29, 0.717) is 83.3 Å². The van der Waals surface area contributed by atoms with E-state index in [1.165, 1.54) is 27.1 Å². The lowest BCUT2D eigenvalue weighted by Crippen LogP contribution is -2.38. The summed E-state index contributed by atoms with van der Waals surface area (Å²) in [6, 6.07) is 14.8. The second kappa shape index (κ2) is 13.8. The van der Waals surface area contributed by atoms with Crippen LogP contribution in [0.25, 0.3) is 39.0 Å². The van der Waals surface area contributed by atoms with E-state index in [0.717, 1.165) is 23.7 Å². The summed E-state index contributed by atoms with van der Waals surface area (Å²) in [4.78, 5) is 46.5. The molecule has 1 atom stereocenters. The fraction of sp³-hybridized carbons (Fsp3) is 0.348. The van der Waals surface area contributed by atoms with Crippen molar-refractivity contribution in [1.29, 1.82) is 0 Å². The monoisotopic (exact) mass is 854 g/mol. The molecule has 0 unspecified atom stereocenters. The zero-order valence-corrected chi connectivity index (χ0v) is 35.4. The van der Waals surface area contributed by atoms with Crippen molar-refractivity contribution >= 4 is 27.7 Å². The number of aromatic nitrogens is 9. The third kappa shape index (κ3) is 6.07. The van der Waals surface area contributed by atoms with E-state index in [2.05, 4.69) is 47.3 Å². The molecule has 8 aromatic rings. The molecule has 0 bridgehead atoms. The number of imidazole rings is 1. The first-order valence-electron chi connectivity index (χ1n) is 21.2. The molecule has 3 aliphatic rings. The highest BCUT2D eigenvalue weighted by Gasteiger charge is 2.52. The summed E-state index contributed by atoms with van der Waals surface area (Å²) in [6.45, 7) is 8.60. The second-order valence-corrected chi connectivity index (χ2v) is 17.9. The third-order valence-electron chi connectivity index (χ3n) is 13.3. The first-order valence-corrected chi connectivity index (χ1v) is 21.2. The van der Waals surface area contributed by atoms with Crippen molar-refractivity contribution in [2.75, 3.05) is 13.2 Å². The molecular formula is C46H44F2N10O5. The predicted molar refractivity (Wildman–Crippen MR) is 228 cm³/mol. The van der Waals surface area contributed by atoms with Gasteiger partial charge in [0.05, 0.1) is 46.3 Å². The molecule has 15 nitrogen and oxygen atoms in total. The molecule has 1 saturated carbocycles. The van der Waals surface area contributed by atoms with Gasteiger partial charge in [-0.3, -0.25) is 28.1 Å². The Balaban J connectivity index is 1.03. The Morgan fingerprint density at radius 3 is 2.44 bits per heavy atom. The molecule has 0 spiro atoms. The van der Waals surface area contributed by atoms with Gasteiger partial charge in [0, 0.05) is 55.5 Å². The smallest absolute Gasteiger partial charge is 0.376 e. The minimum atomic E-state index is -0.805. The van der Waals surface area contributed by atoms with Gasteiger partial charge in [0.1, 0.15) is 22.9 Å². The molecule has 1 N–H and O–H groups in total. The van der Waals surface area contributed by atoms with Gasteiger partial charge in [-0.15, -0.1) is 0 Å². The van der Waals surface area contributed by atoms with E-state index in [9.17, 15) is 9.59 Å². The maximum Gasteiger partial charge on any atom is 0.438 e. The number of benzene rings is 3. The Hall–Kier alpha value is -6.88. The molecule has 1 aliphatic carbocycles. The number of nitrogens with zero attached hydrogens (tertiary/aromatic N) is 9. The molecule has 17 heteroatoms. The van der Waals surface area contributed by atoms with Gasteiger partial charge in [-0.05, 0) is 118 Å².